The first-order valence-corrected chi connectivity index (χ1v) is 9.70. The van der Waals surface area contributed by atoms with Crippen molar-refractivity contribution in [1.29, 1.82) is 5.26 Å². The minimum absolute atomic E-state index is 0.144. The number of likely N-dealkylation sites (tertiary alicyclic amines) is 1. The number of anilines is 1. The average molecular weight is 390 g/mol. The van der Waals surface area contributed by atoms with E-state index in [-0.39, 0.29) is 31.0 Å². The minimum atomic E-state index is -2.75. The second kappa shape index (κ2) is 7.60. The van der Waals surface area contributed by atoms with E-state index < -0.39 is 12.5 Å². The third-order valence-corrected chi connectivity index (χ3v) is 5.92. The van der Waals surface area contributed by atoms with Crippen molar-refractivity contribution in [3.05, 3.63) is 23.9 Å². The van der Waals surface area contributed by atoms with Gasteiger partial charge >= 0.3 is 0 Å². The van der Waals surface area contributed by atoms with E-state index in [1.807, 2.05) is 6.07 Å². The summed E-state index contributed by atoms with van der Waals surface area (Å²) in [5.74, 6) is -2.07. The molecule has 1 N–H and O–H groups in total. The molecule has 0 aromatic carbocycles. The van der Waals surface area contributed by atoms with Crippen LogP contribution in [0, 0.1) is 11.3 Å². The van der Waals surface area contributed by atoms with Crippen molar-refractivity contribution in [2.45, 2.75) is 30.8 Å². The Morgan fingerprint density at radius 3 is 2.64 bits per heavy atom. The summed E-state index contributed by atoms with van der Waals surface area (Å²) in [6.45, 7) is 3.76. The molecule has 7 nitrogen and oxygen atoms in total. The second-order valence-corrected chi connectivity index (χ2v) is 7.76. The molecule has 0 saturated carbocycles. The molecule has 150 valence electrons. The molecule has 28 heavy (non-hydrogen) atoms. The van der Waals surface area contributed by atoms with Gasteiger partial charge in [0.2, 0.25) is 5.91 Å². The summed E-state index contributed by atoms with van der Waals surface area (Å²) in [5.41, 5.74) is 0.547. The van der Waals surface area contributed by atoms with Crippen molar-refractivity contribution < 1.29 is 13.6 Å². The van der Waals surface area contributed by atoms with Gasteiger partial charge in [0.1, 0.15) is 11.9 Å². The molecular formula is C19H24F2N6O. The Hall–Kier alpha value is -2.31. The maximum absolute atomic E-state index is 13.4. The number of halogens is 2. The van der Waals surface area contributed by atoms with Crippen molar-refractivity contribution in [3.8, 4) is 6.07 Å². The molecule has 1 amide bonds. The number of aromatic nitrogens is 1. The predicted molar refractivity (Wildman–Crippen MR) is 99.1 cm³/mol. The van der Waals surface area contributed by atoms with Gasteiger partial charge in [-0.2, -0.15) is 5.26 Å². The van der Waals surface area contributed by atoms with E-state index in [4.69, 9.17) is 5.26 Å². The van der Waals surface area contributed by atoms with Crippen LogP contribution in [0.2, 0.25) is 0 Å². The molecule has 0 unspecified atom stereocenters. The fourth-order valence-electron chi connectivity index (χ4n) is 4.28. The molecule has 0 spiro atoms. The van der Waals surface area contributed by atoms with Gasteiger partial charge in [-0.3, -0.25) is 9.69 Å². The van der Waals surface area contributed by atoms with Crippen LogP contribution < -0.4 is 10.2 Å². The van der Waals surface area contributed by atoms with Crippen molar-refractivity contribution in [1.82, 2.24) is 20.1 Å². The van der Waals surface area contributed by atoms with Crippen LogP contribution in [0.5, 0.6) is 0 Å². The lowest BCUT2D eigenvalue weighted by atomic mass is 10.1. The Labute approximate surface area is 162 Å². The van der Waals surface area contributed by atoms with Crippen LogP contribution in [-0.2, 0) is 4.79 Å². The molecule has 1 aromatic rings. The first-order chi connectivity index (χ1) is 13.4. The van der Waals surface area contributed by atoms with E-state index in [0.29, 0.717) is 18.5 Å². The Kier molecular flexibility index (Phi) is 5.17. The van der Waals surface area contributed by atoms with E-state index >= 15 is 0 Å². The summed E-state index contributed by atoms with van der Waals surface area (Å²) in [6, 6.07) is 5.59. The highest BCUT2D eigenvalue weighted by Crippen LogP contribution is 2.28. The number of rotatable bonds is 3. The Balaban J connectivity index is 1.27. The largest absolute Gasteiger partial charge is 0.354 e. The molecule has 4 heterocycles. The number of carbonyl (C=O) groups excluding carboxylic acids is 1. The zero-order valence-electron chi connectivity index (χ0n) is 15.7. The molecule has 2 atom stereocenters. The molecule has 3 saturated heterocycles. The van der Waals surface area contributed by atoms with Crippen LogP contribution in [0.25, 0.3) is 0 Å². The van der Waals surface area contributed by atoms with Crippen molar-refractivity contribution >= 4 is 11.7 Å². The van der Waals surface area contributed by atoms with Crippen LogP contribution >= 0.6 is 0 Å². The van der Waals surface area contributed by atoms with Gasteiger partial charge in [-0.05, 0) is 18.6 Å². The zero-order valence-corrected chi connectivity index (χ0v) is 15.7. The third-order valence-electron chi connectivity index (χ3n) is 5.92. The van der Waals surface area contributed by atoms with Gasteiger partial charge in [-0.15, -0.1) is 0 Å². The van der Waals surface area contributed by atoms with Crippen LogP contribution in [0.1, 0.15) is 18.4 Å². The summed E-state index contributed by atoms with van der Waals surface area (Å²) in [4.78, 5) is 22.7. The van der Waals surface area contributed by atoms with Crippen LogP contribution in [0.3, 0.4) is 0 Å². The Morgan fingerprint density at radius 2 is 2.04 bits per heavy atom. The normalized spacial score (nSPS) is 27.8. The van der Waals surface area contributed by atoms with Gasteiger partial charge in [0, 0.05) is 57.9 Å². The number of nitrogens with one attached hydrogen (secondary N) is 1. The standard InChI is InChI=1S/C19H24F2N6O/c20-19(21)3-4-27(13-19)18(28)16-9-15(12-23-16)25-5-7-26(8-6-25)17-2-1-14(10-22)11-24-17/h1-2,11,15-16,23H,3-9,12-13H2/t15-,16-/m0/s1. The van der Waals surface area contributed by atoms with E-state index in [0.717, 1.165) is 32.0 Å². The van der Waals surface area contributed by atoms with Crippen molar-refractivity contribution in [2.24, 2.45) is 0 Å². The number of piperazine rings is 1. The second-order valence-electron chi connectivity index (χ2n) is 7.76. The number of nitrogens with zero attached hydrogens (tertiary/aromatic N) is 5. The lowest BCUT2D eigenvalue weighted by Crippen LogP contribution is -2.51. The number of carbonyl (C=O) groups is 1. The average Bonchev–Trinajstić information content (AvgIpc) is 3.34. The lowest BCUT2D eigenvalue weighted by molar-refractivity contribution is -0.133. The summed E-state index contributed by atoms with van der Waals surface area (Å²) >= 11 is 0. The Bertz CT molecular complexity index is 757. The summed E-state index contributed by atoms with van der Waals surface area (Å²) in [5, 5.41) is 12.1. The number of hydrogen-bond acceptors (Lipinski definition) is 6. The van der Waals surface area contributed by atoms with E-state index in [9.17, 15) is 13.6 Å². The first-order valence-electron chi connectivity index (χ1n) is 9.70. The number of amides is 1. The van der Waals surface area contributed by atoms with Crippen molar-refractivity contribution in [3.63, 3.8) is 0 Å². The topological polar surface area (TPSA) is 75.5 Å². The molecule has 0 bridgehead atoms. The third kappa shape index (κ3) is 3.93. The van der Waals surface area contributed by atoms with E-state index in [1.54, 1.807) is 12.3 Å². The Morgan fingerprint density at radius 1 is 1.25 bits per heavy atom. The van der Waals surface area contributed by atoms with Gasteiger partial charge < -0.3 is 15.1 Å². The summed E-state index contributed by atoms with van der Waals surface area (Å²) in [6.07, 6.45) is 2.01. The van der Waals surface area contributed by atoms with Crippen molar-refractivity contribution in [2.75, 3.05) is 50.7 Å². The van der Waals surface area contributed by atoms with Crippen LogP contribution in [0.4, 0.5) is 14.6 Å². The monoisotopic (exact) mass is 390 g/mol. The van der Waals surface area contributed by atoms with Crippen LogP contribution in [0.15, 0.2) is 18.3 Å². The predicted octanol–water partition coefficient (Wildman–Crippen LogP) is 0.673. The quantitative estimate of drug-likeness (QED) is 0.818. The highest BCUT2D eigenvalue weighted by Gasteiger charge is 2.43. The number of nitriles is 1. The lowest BCUT2D eigenvalue weighted by Gasteiger charge is -2.38. The molecule has 0 radical (unpaired) electrons. The molecule has 0 aliphatic carbocycles. The van der Waals surface area contributed by atoms with Gasteiger partial charge in [0.15, 0.2) is 0 Å². The van der Waals surface area contributed by atoms with Gasteiger partial charge in [0.25, 0.3) is 5.92 Å². The smallest absolute Gasteiger partial charge is 0.267 e. The fraction of sp³-hybridized carbons (Fsp3) is 0.632. The first kappa shape index (κ1) is 19.0. The number of pyridine rings is 1. The maximum Gasteiger partial charge on any atom is 0.267 e. The van der Waals surface area contributed by atoms with E-state index in [1.165, 1.54) is 4.90 Å². The molecule has 4 rings (SSSR count). The highest BCUT2D eigenvalue weighted by atomic mass is 19.3. The highest BCUT2D eigenvalue weighted by molar-refractivity contribution is 5.82. The molecule has 1 aromatic heterocycles. The molecule has 3 aliphatic rings. The minimum Gasteiger partial charge on any atom is -0.354 e. The van der Waals surface area contributed by atoms with Gasteiger partial charge in [0.05, 0.1) is 18.2 Å². The molecular weight excluding hydrogens is 366 g/mol. The fourth-order valence-corrected chi connectivity index (χ4v) is 4.28. The maximum atomic E-state index is 13.4. The molecule has 3 fully saturated rings. The number of alkyl halides is 2. The zero-order chi connectivity index (χ0) is 19.7. The SMILES string of the molecule is N#Cc1ccc(N2CCN([C@@H]3CN[C@H](C(=O)N4CCC(F)(F)C4)C3)CC2)nc1. The molecule has 3 aliphatic heterocycles. The number of hydrogen-bond donors (Lipinski definition) is 1. The van der Waals surface area contributed by atoms with Gasteiger partial charge in [-0.1, -0.05) is 0 Å². The van der Waals surface area contributed by atoms with E-state index in [2.05, 4.69) is 26.2 Å². The molecule has 9 heteroatoms. The summed E-state index contributed by atoms with van der Waals surface area (Å²) < 4.78 is 26.8. The van der Waals surface area contributed by atoms with Gasteiger partial charge in [-0.25, -0.2) is 13.8 Å². The summed E-state index contributed by atoms with van der Waals surface area (Å²) in [7, 11) is 0. The van der Waals surface area contributed by atoms with Crippen LogP contribution in [-0.4, -0.2) is 84.5 Å².